The number of rotatable bonds is 9. The minimum absolute atomic E-state index is 0.134. The van der Waals surface area contributed by atoms with Crippen molar-refractivity contribution in [1.82, 2.24) is 9.97 Å². The number of Topliss-reactive ketones (excluding diaryl/α,β-unsaturated/α-hetero) is 1. The van der Waals surface area contributed by atoms with Gasteiger partial charge in [-0.2, -0.15) is 0 Å². The zero-order chi connectivity index (χ0) is 27.2. The lowest BCUT2D eigenvalue weighted by molar-refractivity contribution is -0.117. The average molecular weight is 597 g/mol. The van der Waals surface area contributed by atoms with Crippen LogP contribution in [0.25, 0.3) is 11.3 Å². The molecule has 0 aliphatic carbocycles. The maximum Gasteiger partial charge on any atom is 0.255 e. The summed E-state index contributed by atoms with van der Waals surface area (Å²) in [6, 6.07) is 24.8. The number of carbonyl (C=O) groups is 2. The number of hydrogen-bond acceptors (Lipinski definition) is 5. The molecular weight excluding hydrogens is 570 g/mol. The minimum Gasteiger partial charge on any atom is -0.322 e. The number of amides is 1. The molecule has 5 aromatic rings. The molecular formula is C32H26BrN3O2S. The van der Waals surface area contributed by atoms with Gasteiger partial charge in [-0.1, -0.05) is 46.3 Å². The molecule has 0 saturated heterocycles. The van der Waals surface area contributed by atoms with Gasteiger partial charge >= 0.3 is 0 Å². The monoisotopic (exact) mass is 595 g/mol. The topological polar surface area (TPSA) is 72.0 Å². The summed E-state index contributed by atoms with van der Waals surface area (Å²) in [5.74, 6) is -0.0554. The Labute approximate surface area is 240 Å². The van der Waals surface area contributed by atoms with Crippen molar-refractivity contribution >= 4 is 44.6 Å². The summed E-state index contributed by atoms with van der Waals surface area (Å²) in [4.78, 5) is 34.4. The molecule has 1 amide bonds. The Morgan fingerprint density at radius 2 is 1.64 bits per heavy atom. The standard InChI is InChI=1S/C32H26BrN3O2S/c1-21-4-13-28(17-26(21)18-31-36-30(20-39-31)25-3-2-14-34-19-25)35-32(38)24-9-5-22(6-10-24)15-29(37)16-23-7-11-27(33)12-8-23/h2-14,17,19-20H,15-16,18H2,1H3,(H,35,38). The Bertz CT molecular complexity index is 1600. The summed E-state index contributed by atoms with van der Waals surface area (Å²) in [7, 11) is 0. The molecule has 2 heterocycles. The fraction of sp³-hybridized carbons (Fsp3) is 0.125. The van der Waals surface area contributed by atoms with E-state index < -0.39 is 0 Å². The number of aryl methyl sites for hydroxylation is 1. The first-order valence-electron chi connectivity index (χ1n) is 12.5. The maximum absolute atomic E-state index is 12.9. The van der Waals surface area contributed by atoms with Crippen LogP contribution in [-0.2, 0) is 24.1 Å². The van der Waals surface area contributed by atoms with Crippen LogP contribution < -0.4 is 5.32 Å². The molecule has 39 heavy (non-hydrogen) atoms. The van der Waals surface area contributed by atoms with Gasteiger partial charge in [-0.3, -0.25) is 14.6 Å². The number of halogens is 1. The highest BCUT2D eigenvalue weighted by Gasteiger charge is 2.12. The van der Waals surface area contributed by atoms with E-state index in [9.17, 15) is 9.59 Å². The first kappa shape index (κ1) is 26.7. The summed E-state index contributed by atoms with van der Waals surface area (Å²) in [5, 5.41) is 6.06. The molecule has 0 aliphatic heterocycles. The SMILES string of the molecule is Cc1ccc(NC(=O)c2ccc(CC(=O)Cc3ccc(Br)cc3)cc2)cc1Cc1nc(-c2cccnc2)cs1. The van der Waals surface area contributed by atoms with E-state index in [0.29, 0.717) is 24.8 Å². The molecule has 0 atom stereocenters. The molecule has 5 rings (SSSR count). The highest BCUT2D eigenvalue weighted by molar-refractivity contribution is 9.10. The van der Waals surface area contributed by atoms with E-state index in [1.165, 1.54) is 0 Å². The van der Waals surface area contributed by atoms with Crippen molar-refractivity contribution in [2.24, 2.45) is 0 Å². The minimum atomic E-state index is -0.189. The molecule has 0 radical (unpaired) electrons. The highest BCUT2D eigenvalue weighted by atomic mass is 79.9. The third-order valence-electron chi connectivity index (χ3n) is 6.39. The molecule has 194 valence electrons. The van der Waals surface area contributed by atoms with Gasteiger partial charge in [0, 0.05) is 58.3 Å². The number of benzene rings is 3. The van der Waals surface area contributed by atoms with Crippen molar-refractivity contribution in [3.8, 4) is 11.3 Å². The zero-order valence-electron chi connectivity index (χ0n) is 21.4. The second-order valence-electron chi connectivity index (χ2n) is 9.36. The average Bonchev–Trinajstić information content (AvgIpc) is 3.41. The quantitative estimate of drug-likeness (QED) is 0.192. The third-order valence-corrected chi connectivity index (χ3v) is 7.77. The lowest BCUT2D eigenvalue weighted by Crippen LogP contribution is -2.12. The summed E-state index contributed by atoms with van der Waals surface area (Å²) in [6.45, 7) is 2.06. The molecule has 5 nitrogen and oxygen atoms in total. The zero-order valence-corrected chi connectivity index (χ0v) is 23.8. The molecule has 0 aliphatic rings. The second kappa shape index (κ2) is 12.3. The fourth-order valence-corrected chi connectivity index (χ4v) is 5.33. The molecule has 0 spiro atoms. The van der Waals surface area contributed by atoms with Gasteiger partial charge in [0.05, 0.1) is 10.7 Å². The van der Waals surface area contributed by atoms with Crippen LogP contribution in [0.15, 0.2) is 101 Å². The van der Waals surface area contributed by atoms with Crippen LogP contribution in [0, 0.1) is 6.92 Å². The van der Waals surface area contributed by atoms with Crippen LogP contribution in [0.1, 0.15) is 37.6 Å². The van der Waals surface area contributed by atoms with Crippen molar-refractivity contribution in [1.29, 1.82) is 0 Å². The first-order valence-corrected chi connectivity index (χ1v) is 14.2. The Morgan fingerprint density at radius 1 is 0.923 bits per heavy atom. The van der Waals surface area contributed by atoms with Gasteiger partial charge in [0.1, 0.15) is 5.78 Å². The molecule has 2 aromatic heterocycles. The van der Waals surface area contributed by atoms with Crippen molar-refractivity contribution in [3.63, 3.8) is 0 Å². The summed E-state index contributed by atoms with van der Waals surface area (Å²) in [5.41, 5.74) is 7.32. The molecule has 1 N–H and O–H groups in total. The molecule has 0 bridgehead atoms. The van der Waals surface area contributed by atoms with Gasteiger partial charge in [0.15, 0.2) is 0 Å². The van der Waals surface area contributed by atoms with E-state index >= 15 is 0 Å². The number of carbonyl (C=O) groups excluding carboxylic acids is 2. The Kier molecular flexibility index (Phi) is 8.39. The number of thiazole rings is 1. The predicted molar refractivity (Wildman–Crippen MR) is 160 cm³/mol. The van der Waals surface area contributed by atoms with E-state index in [4.69, 9.17) is 4.98 Å². The number of pyridine rings is 1. The van der Waals surface area contributed by atoms with E-state index in [0.717, 1.165) is 48.7 Å². The van der Waals surface area contributed by atoms with Crippen molar-refractivity contribution in [2.45, 2.75) is 26.2 Å². The Morgan fingerprint density at radius 3 is 2.33 bits per heavy atom. The van der Waals surface area contributed by atoms with E-state index in [2.05, 4.69) is 33.2 Å². The van der Waals surface area contributed by atoms with Gasteiger partial charge in [-0.15, -0.1) is 11.3 Å². The second-order valence-corrected chi connectivity index (χ2v) is 11.2. The number of anilines is 1. The summed E-state index contributed by atoms with van der Waals surface area (Å²) >= 11 is 5.03. The van der Waals surface area contributed by atoms with E-state index in [1.54, 1.807) is 29.7 Å². The number of nitrogens with one attached hydrogen (secondary N) is 1. The largest absolute Gasteiger partial charge is 0.322 e. The number of ketones is 1. The van der Waals surface area contributed by atoms with Crippen LogP contribution in [0.5, 0.6) is 0 Å². The Balaban J connectivity index is 1.20. The van der Waals surface area contributed by atoms with E-state index in [1.807, 2.05) is 78.3 Å². The number of aromatic nitrogens is 2. The molecule has 7 heteroatoms. The van der Waals surface area contributed by atoms with Gasteiger partial charge in [0.25, 0.3) is 5.91 Å². The molecule has 0 fully saturated rings. The summed E-state index contributed by atoms with van der Waals surface area (Å²) in [6.07, 6.45) is 4.97. The predicted octanol–water partition coefficient (Wildman–Crippen LogP) is 7.47. The molecule has 0 unspecified atom stereocenters. The van der Waals surface area contributed by atoms with Crippen molar-refractivity contribution < 1.29 is 9.59 Å². The van der Waals surface area contributed by atoms with Crippen molar-refractivity contribution in [3.05, 3.63) is 134 Å². The van der Waals surface area contributed by atoms with Gasteiger partial charge in [-0.05, 0) is 77.7 Å². The Hall–Kier alpha value is -3.94. The fourth-order valence-electron chi connectivity index (χ4n) is 4.24. The highest BCUT2D eigenvalue weighted by Crippen LogP contribution is 2.25. The van der Waals surface area contributed by atoms with E-state index in [-0.39, 0.29) is 11.7 Å². The van der Waals surface area contributed by atoms with Crippen LogP contribution in [0.4, 0.5) is 5.69 Å². The normalized spacial score (nSPS) is 10.8. The lowest BCUT2D eigenvalue weighted by atomic mass is 10.0. The van der Waals surface area contributed by atoms with Gasteiger partial charge in [0.2, 0.25) is 0 Å². The molecule has 3 aromatic carbocycles. The van der Waals surface area contributed by atoms with Crippen LogP contribution >= 0.6 is 27.3 Å². The summed E-state index contributed by atoms with van der Waals surface area (Å²) < 4.78 is 0.990. The third kappa shape index (κ3) is 7.13. The van der Waals surface area contributed by atoms with Crippen LogP contribution in [-0.4, -0.2) is 21.7 Å². The number of hydrogen-bond donors (Lipinski definition) is 1. The van der Waals surface area contributed by atoms with Crippen molar-refractivity contribution in [2.75, 3.05) is 5.32 Å². The molecule has 0 saturated carbocycles. The van der Waals surface area contributed by atoms with Gasteiger partial charge < -0.3 is 5.32 Å². The number of nitrogens with zero attached hydrogens (tertiary/aromatic N) is 2. The smallest absolute Gasteiger partial charge is 0.255 e. The van der Waals surface area contributed by atoms with Crippen LogP contribution in [0.3, 0.4) is 0 Å². The maximum atomic E-state index is 12.9. The van der Waals surface area contributed by atoms with Gasteiger partial charge in [-0.25, -0.2) is 4.98 Å². The first-order chi connectivity index (χ1) is 18.9. The van der Waals surface area contributed by atoms with Crippen LogP contribution in [0.2, 0.25) is 0 Å². The lowest BCUT2D eigenvalue weighted by Gasteiger charge is -2.10.